The molecule has 2 N–H and O–H groups in total. The van der Waals surface area contributed by atoms with E-state index < -0.39 is 0 Å². The fraction of sp³-hybridized carbons (Fsp3) is 0.417. The number of ether oxygens (including phenoxy) is 3. The molecule has 0 aliphatic carbocycles. The highest BCUT2D eigenvalue weighted by Gasteiger charge is 2.33. The van der Waals surface area contributed by atoms with Crippen LogP contribution in [-0.4, -0.2) is 38.5 Å². The van der Waals surface area contributed by atoms with Gasteiger partial charge in [0.2, 0.25) is 0 Å². The molecule has 0 aromatic heterocycles. The smallest absolute Gasteiger partial charge is 0.414 e. The molecule has 1 aromatic carbocycles. The highest BCUT2D eigenvalue weighted by atomic mass is 16.6. The van der Waals surface area contributed by atoms with Crippen molar-refractivity contribution in [2.75, 3.05) is 31.3 Å². The van der Waals surface area contributed by atoms with Crippen LogP contribution in [0.3, 0.4) is 0 Å². The second-order valence-electron chi connectivity index (χ2n) is 4.16. The molecule has 0 bridgehead atoms. The van der Waals surface area contributed by atoms with Crippen molar-refractivity contribution in [3.63, 3.8) is 0 Å². The van der Waals surface area contributed by atoms with Crippen LogP contribution in [0.15, 0.2) is 18.2 Å². The van der Waals surface area contributed by atoms with Gasteiger partial charge < -0.3 is 19.9 Å². The van der Waals surface area contributed by atoms with Crippen LogP contribution in [0.1, 0.15) is 0 Å². The van der Waals surface area contributed by atoms with Crippen LogP contribution in [-0.2, 0) is 4.74 Å². The average molecular weight is 250 g/mol. The van der Waals surface area contributed by atoms with Gasteiger partial charge in [-0.05, 0) is 12.1 Å². The molecule has 2 heterocycles. The Morgan fingerprint density at radius 1 is 1.22 bits per heavy atom. The van der Waals surface area contributed by atoms with Gasteiger partial charge in [0.05, 0.1) is 11.7 Å². The summed E-state index contributed by atoms with van der Waals surface area (Å²) in [5.74, 6) is 1.34. The molecule has 1 atom stereocenters. The predicted molar refractivity (Wildman–Crippen MR) is 64.1 cm³/mol. The van der Waals surface area contributed by atoms with Gasteiger partial charge in [0.25, 0.3) is 0 Å². The van der Waals surface area contributed by atoms with E-state index in [2.05, 4.69) is 0 Å². The highest BCUT2D eigenvalue weighted by Crippen LogP contribution is 2.35. The number of amides is 1. The molecular formula is C12H14N2O4. The van der Waals surface area contributed by atoms with Gasteiger partial charge in [0.15, 0.2) is 11.5 Å². The lowest BCUT2D eigenvalue weighted by molar-refractivity contribution is 0.171. The van der Waals surface area contributed by atoms with Crippen molar-refractivity contribution in [1.82, 2.24) is 0 Å². The third kappa shape index (κ3) is 1.74. The van der Waals surface area contributed by atoms with Crippen molar-refractivity contribution >= 4 is 11.8 Å². The van der Waals surface area contributed by atoms with Gasteiger partial charge in [-0.2, -0.15) is 0 Å². The summed E-state index contributed by atoms with van der Waals surface area (Å²) in [6, 6.07) is 5.26. The van der Waals surface area contributed by atoms with Gasteiger partial charge in [-0.3, -0.25) is 4.90 Å². The number of carbonyl (C=O) groups is 1. The number of hydrogen-bond donors (Lipinski definition) is 1. The fourth-order valence-corrected chi connectivity index (χ4v) is 2.13. The van der Waals surface area contributed by atoms with E-state index in [0.29, 0.717) is 37.9 Å². The molecule has 0 saturated carbocycles. The number of fused-ring (bicyclic) bond motifs is 1. The van der Waals surface area contributed by atoms with Gasteiger partial charge in [0.1, 0.15) is 19.8 Å². The second-order valence-corrected chi connectivity index (χ2v) is 4.16. The number of nitrogens with two attached hydrogens (primary N) is 1. The quantitative estimate of drug-likeness (QED) is 0.838. The molecule has 6 nitrogen and oxygen atoms in total. The van der Waals surface area contributed by atoms with E-state index >= 15 is 0 Å². The lowest BCUT2D eigenvalue weighted by Gasteiger charge is -2.23. The molecule has 2 aliphatic rings. The number of nitrogens with zero attached hydrogens (tertiary/aromatic N) is 1. The minimum Gasteiger partial charge on any atom is -0.486 e. The summed E-state index contributed by atoms with van der Waals surface area (Å²) < 4.78 is 15.9. The minimum atomic E-state index is -0.373. The lowest BCUT2D eigenvalue weighted by atomic mass is 10.2. The Balaban J connectivity index is 1.94. The Morgan fingerprint density at radius 2 is 2.00 bits per heavy atom. The minimum absolute atomic E-state index is 0.125. The van der Waals surface area contributed by atoms with Crippen molar-refractivity contribution in [3.8, 4) is 11.5 Å². The molecule has 3 rings (SSSR count). The molecule has 1 amide bonds. The summed E-state index contributed by atoms with van der Waals surface area (Å²) in [5.41, 5.74) is 6.35. The SMILES string of the molecule is NCC1COC(=O)N1c1ccc2c(c1)OCCO2. The average Bonchev–Trinajstić information content (AvgIpc) is 2.79. The Hall–Kier alpha value is -1.95. The van der Waals surface area contributed by atoms with E-state index in [-0.39, 0.29) is 12.1 Å². The van der Waals surface area contributed by atoms with Gasteiger partial charge in [0, 0.05) is 12.6 Å². The van der Waals surface area contributed by atoms with Gasteiger partial charge in [-0.1, -0.05) is 0 Å². The van der Waals surface area contributed by atoms with Crippen LogP contribution < -0.4 is 20.1 Å². The first-order valence-electron chi connectivity index (χ1n) is 5.85. The second kappa shape index (κ2) is 4.38. The van der Waals surface area contributed by atoms with E-state index in [1.54, 1.807) is 17.0 Å². The number of rotatable bonds is 2. The van der Waals surface area contributed by atoms with E-state index in [1.165, 1.54) is 0 Å². The molecule has 2 aliphatic heterocycles. The zero-order valence-corrected chi connectivity index (χ0v) is 9.80. The predicted octanol–water partition coefficient (Wildman–Crippen LogP) is 0.742. The molecule has 1 aromatic rings. The van der Waals surface area contributed by atoms with Crippen molar-refractivity contribution in [2.45, 2.75) is 6.04 Å². The first-order chi connectivity index (χ1) is 8.79. The van der Waals surface area contributed by atoms with Crippen molar-refractivity contribution < 1.29 is 19.0 Å². The zero-order valence-electron chi connectivity index (χ0n) is 9.80. The first kappa shape index (κ1) is 11.2. The van der Waals surface area contributed by atoms with E-state index in [0.717, 1.165) is 5.69 Å². The third-order valence-electron chi connectivity index (χ3n) is 3.04. The molecular weight excluding hydrogens is 236 g/mol. The van der Waals surface area contributed by atoms with Crippen LogP contribution >= 0.6 is 0 Å². The summed E-state index contributed by atoms with van der Waals surface area (Å²) in [5, 5.41) is 0. The third-order valence-corrected chi connectivity index (χ3v) is 3.04. The van der Waals surface area contributed by atoms with Gasteiger partial charge >= 0.3 is 6.09 Å². The van der Waals surface area contributed by atoms with Crippen molar-refractivity contribution in [2.24, 2.45) is 5.73 Å². The van der Waals surface area contributed by atoms with Crippen LogP contribution in [0.2, 0.25) is 0 Å². The molecule has 18 heavy (non-hydrogen) atoms. The highest BCUT2D eigenvalue weighted by molar-refractivity contribution is 5.90. The molecule has 0 radical (unpaired) electrons. The topological polar surface area (TPSA) is 74.0 Å². The fourth-order valence-electron chi connectivity index (χ4n) is 2.13. The standard InChI is InChI=1S/C12H14N2O4/c13-6-9-7-18-12(15)14(9)8-1-2-10-11(5-8)17-4-3-16-10/h1-2,5,9H,3-4,6-7,13H2. The van der Waals surface area contributed by atoms with Gasteiger partial charge in [-0.15, -0.1) is 0 Å². The number of hydrogen-bond acceptors (Lipinski definition) is 5. The Labute approximate surface area is 104 Å². The normalized spacial score (nSPS) is 21.9. The number of anilines is 1. The summed E-state index contributed by atoms with van der Waals surface area (Å²) in [7, 11) is 0. The monoisotopic (exact) mass is 250 g/mol. The summed E-state index contributed by atoms with van der Waals surface area (Å²) in [6.07, 6.45) is -0.373. The molecule has 0 spiro atoms. The van der Waals surface area contributed by atoms with E-state index in [1.807, 2.05) is 6.07 Å². The van der Waals surface area contributed by atoms with E-state index in [4.69, 9.17) is 19.9 Å². The maximum absolute atomic E-state index is 11.7. The molecule has 96 valence electrons. The number of benzene rings is 1. The summed E-state index contributed by atoms with van der Waals surface area (Å²) in [6.45, 7) is 1.74. The largest absolute Gasteiger partial charge is 0.486 e. The Kier molecular flexibility index (Phi) is 2.71. The van der Waals surface area contributed by atoms with Crippen LogP contribution in [0, 0.1) is 0 Å². The zero-order chi connectivity index (χ0) is 12.5. The molecule has 6 heteroatoms. The van der Waals surface area contributed by atoms with Crippen LogP contribution in [0.4, 0.5) is 10.5 Å². The molecule has 1 fully saturated rings. The van der Waals surface area contributed by atoms with Crippen LogP contribution in [0.25, 0.3) is 0 Å². The number of carbonyl (C=O) groups excluding carboxylic acids is 1. The van der Waals surface area contributed by atoms with Crippen molar-refractivity contribution in [3.05, 3.63) is 18.2 Å². The van der Waals surface area contributed by atoms with Crippen LogP contribution in [0.5, 0.6) is 11.5 Å². The Morgan fingerprint density at radius 3 is 2.78 bits per heavy atom. The lowest BCUT2D eigenvalue weighted by Crippen LogP contribution is -2.38. The summed E-state index contributed by atoms with van der Waals surface area (Å²) in [4.78, 5) is 13.2. The number of cyclic esters (lactones) is 1. The van der Waals surface area contributed by atoms with E-state index in [9.17, 15) is 4.79 Å². The van der Waals surface area contributed by atoms with Crippen molar-refractivity contribution in [1.29, 1.82) is 0 Å². The molecule has 1 unspecified atom stereocenters. The van der Waals surface area contributed by atoms with Gasteiger partial charge in [-0.25, -0.2) is 4.79 Å². The first-order valence-corrected chi connectivity index (χ1v) is 5.85. The Bertz CT molecular complexity index is 477. The molecule has 1 saturated heterocycles. The summed E-state index contributed by atoms with van der Waals surface area (Å²) >= 11 is 0. The maximum atomic E-state index is 11.7. The maximum Gasteiger partial charge on any atom is 0.414 e.